The van der Waals surface area contributed by atoms with E-state index in [9.17, 15) is 9.59 Å². The van der Waals surface area contributed by atoms with Gasteiger partial charge in [-0.25, -0.2) is 5.43 Å². The summed E-state index contributed by atoms with van der Waals surface area (Å²) in [4.78, 5) is 24.3. The Kier molecular flexibility index (Phi) is 9.19. The van der Waals surface area contributed by atoms with Gasteiger partial charge >= 0.3 is 0 Å². The molecule has 2 N–H and O–H groups in total. The summed E-state index contributed by atoms with van der Waals surface area (Å²) in [5.74, 6) is 0.0169. The molecule has 7 nitrogen and oxygen atoms in total. The minimum atomic E-state index is -0.586. The molecule has 0 saturated heterocycles. The normalized spacial score (nSPS) is 10.9. The number of fused-ring (bicyclic) bond motifs is 1. The van der Waals surface area contributed by atoms with Crippen LogP contribution in [0.3, 0.4) is 0 Å². The van der Waals surface area contributed by atoms with Gasteiger partial charge in [-0.2, -0.15) is 5.10 Å². The van der Waals surface area contributed by atoms with Crippen molar-refractivity contribution in [3.63, 3.8) is 0 Å². The van der Waals surface area contributed by atoms with Gasteiger partial charge in [0.05, 0.1) is 28.6 Å². The van der Waals surface area contributed by atoms with E-state index in [-0.39, 0.29) is 5.02 Å². The Morgan fingerprint density at radius 1 is 0.895 bits per heavy atom. The van der Waals surface area contributed by atoms with Crippen LogP contribution >= 0.6 is 23.2 Å². The van der Waals surface area contributed by atoms with Gasteiger partial charge in [0.15, 0.2) is 11.5 Å². The molecule has 0 saturated carbocycles. The summed E-state index contributed by atoms with van der Waals surface area (Å²) < 4.78 is 11.8. The van der Waals surface area contributed by atoms with Gasteiger partial charge in [-0.05, 0) is 59.2 Å². The Morgan fingerprint density at radius 3 is 2.53 bits per heavy atom. The third kappa shape index (κ3) is 7.03. The molecule has 0 atom stereocenters. The van der Waals surface area contributed by atoms with E-state index in [1.165, 1.54) is 6.21 Å². The fourth-order valence-corrected chi connectivity index (χ4v) is 4.07. The highest BCUT2D eigenvalue weighted by Gasteiger charge is 2.12. The number of nitrogens with one attached hydrogen (secondary N) is 2. The van der Waals surface area contributed by atoms with Crippen LogP contribution in [0.2, 0.25) is 10.0 Å². The van der Waals surface area contributed by atoms with Crippen LogP contribution in [0.25, 0.3) is 10.8 Å². The molecule has 0 spiro atoms. The van der Waals surface area contributed by atoms with Gasteiger partial charge in [-0.1, -0.05) is 71.7 Å². The number of amides is 2. The minimum absolute atomic E-state index is 0.204. The van der Waals surface area contributed by atoms with Crippen molar-refractivity contribution in [3.8, 4) is 11.5 Å². The largest absolute Gasteiger partial charge is 0.490 e. The van der Waals surface area contributed by atoms with Crippen LogP contribution in [0, 0.1) is 0 Å². The number of carbonyl (C=O) groups excluding carboxylic acids is 2. The van der Waals surface area contributed by atoms with E-state index in [4.69, 9.17) is 32.7 Å². The lowest BCUT2D eigenvalue weighted by Crippen LogP contribution is -2.24. The number of anilines is 1. The second kappa shape index (κ2) is 12.9. The molecule has 38 heavy (non-hydrogen) atoms. The highest BCUT2D eigenvalue weighted by atomic mass is 35.5. The second-order valence-corrected chi connectivity index (χ2v) is 8.97. The fraction of sp³-hybridized carbons (Fsp3) is 0.138. The summed E-state index contributed by atoms with van der Waals surface area (Å²) >= 11 is 12.0. The van der Waals surface area contributed by atoms with Gasteiger partial charge in [0.2, 0.25) is 11.8 Å². The molecule has 0 aromatic heterocycles. The molecule has 194 valence electrons. The molecular weight excluding hydrogens is 525 g/mol. The van der Waals surface area contributed by atoms with Crippen molar-refractivity contribution in [2.24, 2.45) is 5.10 Å². The quantitative estimate of drug-likeness (QED) is 0.132. The summed E-state index contributed by atoms with van der Waals surface area (Å²) in [7, 11) is 0. The SMILES string of the molecule is CCOc1cc(C=NNC(=O)CC(=O)Nc2cccc(Cl)c2Cl)ccc1OCc1cccc2ccccc12. The molecule has 0 bridgehead atoms. The lowest BCUT2D eigenvalue weighted by Gasteiger charge is -2.13. The lowest BCUT2D eigenvalue weighted by molar-refractivity contribution is -0.126. The van der Waals surface area contributed by atoms with Crippen molar-refractivity contribution < 1.29 is 19.1 Å². The molecule has 9 heteroatoms. The number of benzene rings is 4. The van der Waals surface area contributed by atoms with Gasteiger partial charge in [-0.3, -0.25) is 9.59 Å². The molecule has 4 rings (SSSR count). The number of rotatable bonds is 10. The number of hydrogen-bond donors (Lipinski definition) is 2. The van der Waals surface area contributed by atoms with Gasteiger partial charge < -0.3 is 14.8 Å². The summed E-state index contributed by atoms with van der Waals surface area (Å²) in [6.45, 7) is 2.72. The van der Waals surface area contributed by atoms with Crippen LogP contribution in [0.15, 0.2) is 84.0 Å². The zero-order valence-corrected chi connectivity index (χ0v) is 22.1. The third-order valence-corrected chi connectivity index (χ3v) is 6.30. The van der Waals surface area contributed by atoms with E-state index in [1.807, 2.05) is 31.2 Å². The number of nitrogens with zero attached hydrogens (tertiary/aromatic N) is 1. The Labute approximate surface area is 230 Å². The Hall–Kier alpha value is -4.07. The monoisotopic (exact) mass is 549 g/mol. The van der Waals surface area contributed by atoms with Gasteiger partial charge in [0.25, 0.3) is 0 Å². The predicted molar refractivity (Wildman–Crippen MR) is 151 cm³/mol. The number of ether oxygens (including phenoxy) is 2. The van der Waals surface area contributed by atoms with E-state index in [1.54, 1.807) is 36.4 Å². The van der Waals surface area contributed by atoms with Crippen LogP contribution < -0.4 is 20.2 Å². The Balaban J connectivity index is 1.35. The molecule has 0 aliphatic carbocycles. The number of carbonyl (C=O) groups is 2. The number of hydrogen-bond acceptors (Lipinski definition) is 5. The zero-order valence-electron chi connectivity index (χ0n) is 20.5. The van der Waals surface area contributed by atoms with Crippen LogP contribution in [0.1, 0.15) is 24.5 Å². The van der Waals surface area contributed by atoms with E-state index < -0.39 is 18.2 Å². The summed E-state index contributed by atoms with van der Waals surface area (Å²) in [6, 6.07) is 24.5. The van der Waals surface area contributed by atoms with Crippen molar-refractivity contribution in [1.29, 1.82) is 0 Å². The summed E-state index contributed by atoms with van der Waals surface area (Å²) in [5.41, 5.74) is 4.42. The highest BCUT2D eigenvalue weighted by molar-refractivity contribution is 6.44. The maximum absolute atomic E-state index is 12.2. The molecule has 0 aliphatic heterocycles. The predicted octanol–water partition coefficient (Wildman–Crippen LogP) is 6.60. The first-order valence-electron chi connectivity index (χ1n) is 11.9. The molecule has 4 aromatic carbocycles. The van der Waals surface area contributed by atoms with Crippen molar-refractivity contribution in [2.45, 2.75) is 20.0 Å². The number of hydrazone groups is 1. The molecule has 0 fully saturated rings. The minimum Gasteiger partial charge on any atom is -0.490 e. The topological polar surface area (TPSA) is 89.0 Å². The zero-order chi connectivity index (χ0) is 26.9. The molecule has 0 unspecified atom stereocenters. The Bertz CT molecular complexity index is 1480. The molecule has 0 heterocycles. The van der Waals surface area contributed by atoms with Gasteiger partial charge in [0, 0.05) is 0 Å². The first-order chi connectivity index (χ1) is 18.4. The third-order valence-electron chi connectivity index (χ3n) is 5.48. The van der Waals surface area contributed by atoms with E-state index >= 15 is 0 Å². The molecule has 2 amide bonds. The van der Waals surface area contributed by atoms with Crippen LogP contribution in [0.5, 0.6) is 11.5 Å². The summed E-state index contributed by atoms with van der Waals surface area (Å²) in [6.07, 6.45) is 1.02. The molecule has 4 aromatic rings. The number of halogens is 2. The first kappa shape index (κ1) is 27.0. The first-order valence-corrected chi connectivity index (χ1v) is 12.6. The van der Waals surface area contributed by atoms with Crippen LogP contribution in [-0.2, 0) is 16.2 Å². The van der Waals surface area contributed by atoms with Gasteiger partial charge in [-0.15, -0.1) is 0 Å². The van der Waals surface area contributed by atoms with Gasteiger partial charge in [0.1, 0.15) is 13.0 Å². The maximum atomic E-state index is 12.2. The lowest BCUT2D eigenvalue weighted by atomic mass is 10.1. The van der Waals surface area contributed by atoms with Crippen molar-refractivity contribution in [2.75, 3.05) is 11.9 Å². The average Bonchev–Trinajstić information content (AvgIpc) is 2.91. The fourth-order valence-electron chi connectivity index (χ4n) is 3.73. The second-order valence-electron chi connectivity index (χ2n) is 8.19. The maximum Gasteiger partial charge on any atom is 0.249 e. The van der Waals surface area contributed by atoms with Crippen LogP contribution in [0.4, 0.5) is 5.69 Å². The van der Waals surface area contributed by atoms with Crippen molar-refractivity contribution in [3.05, 3.63) is 100 Å². The highest BCUT2D eigenvalue weighted by Crippen LogP contribution is 2.31. The van der Waals surface area contributed by atoms with Crippen LogP contribution in [-0.4, -0.2) is 24.6 Å². The average molecular weight is 550 g/mol. The molecular formula is C29H25Cl2N3O4. The standard InChI is InChI=1S/C29H25Cl2N3O4/c1-2-37-26-15-19(13-14-25(26)38-18-21-9-5-8-20-7-3-4-10-22(20)21)17-32-34-28(36)16-27(35)33-24-12-6-11-23(30)29(24)31/h3-15,17H,2,16,18H2,1H3,(H,33,35)(H,34,36). The van der Waals surface area contributed by atoms with Crippen molar-refractivity contribution >= 4 is 57.7 Å². The smallest absolute Gasteiger partial charge is 0.249 e. The summed E-state index contributed by atoms with van der Waals surface area (Å²) in [5, 5.41) is 9.29. The Morgan fingerprint density at radius 2 is 1.68 bits per heavy atom. The van der Waals surface area contributed by atoms with E-state index in [0.717, 1.165) is 16.3 Å². The van der Waals surface area contributed by atoms with Crippen molar-refractivity contribution in [1.82, 2.24) is 5.43 Å². The van der Waals surface area contributed by atoms with E-state index in [2.05, 4.69) is 34.0 Å². The molecule has 0 aliphatic rings. The molecule has 0 radical (unpaired) electrons. The van der Waals surface area contributed by atoms with E-state index in [0.29, 0.717) is 41.0 Å².